The molecular weight excluding hydrogens is 1580 g/mol. The molecule has 25 atom stereocenters. The second-order valence-electron chi connectivity index (χ2n) is 33.6. The average molecular weight is 1740 g/mol. The van der Waals surface area contributed by atoms with E-state index in [1.165, 1.54) is 0 Å². The first kappa shape index (κ1) is 112. The lowest BCUT2D eigenvalue weighted by atomic mass is 9.90. The normalized spacial score (nSPS) is 29.2. The van der Waals surface area contributed by atoms with E-state index < -0.39 is 184 Å². The van der Waals surface area contributed by atoms with Gasteiger partial charge >= 0.3 is 0 Å². The van der Waals surface area contributed by atoms with Crippen LogP contribution in [-0.2, 0) is 81.0 Å². The molecule has 5 aliphatic heterocycles. The molecule has 35 nitrogen and oxygen atoms in total. The number of ketones is 2. The smallest absolute Gasteiger partial charge is 0.223 e. The number of rotatable bonds is 57. The molecule has 708 valence electrons. The summed E-state index contributed by atoms with van der Waals surface area (Å²) in [7, 11) is 1.59. The maximum Gasteiger partial charge on any atom is 0.223 e. The molecule has 5 rings (SSSR count). The summed E-state index contributed by atoms with van der Waals surface area (Å²) < 4.78 is 51.2. The Morgan fingerprint density at radius 2 is 0.744 bits per heavy atom. The van der Waals surface area contributed by atoms with Crippen LogP contribution in [0.5, 0.6) is 0 Å². The molecule has 0 saturated carbocycles. The van der Waals surface area contributed by atoms with Crippen molar-refractivity contribution in [1.82, 2.24) is 31.5 Å². The molecule has 0 radical (unpaired) electrons. The number of carbonyl (C=O) groups excluding carboxylic acids is 8. The highest BCUT2D eigenvalue weighted by atomic mass is 16.7. The summed E-state index contributed by atoms with van der Waals surface area (Å²) in [6.07, 6.45) is -9.56. The Hall–Kier alpha value is -4.68. The second kappa shape index (κ2) is 63.3. The van der Waals surface area contributed by atoms with E-state index in [-0.39, 0.29) is 147 Å². The van der Waals surface area contributed by atoms with Crippen molar-refractivity contribution in [1.29, 1.82) is 0 Å². The standard InChI is InChI=1S/C79H140N6O29.C4H10.C2H6.CH4/c1-47-38-54(46-106-6)85(41-47)65(95)29-21-33-83-75(105)53(40-57(91)56(84-64(94)28-13-20-37-110-79-51(5)69(99)73(103)61(45-89)114-79)25-9-16-31-81-63(93)27-12-19-36-109-78-50(4)68(98)72(102)60(44-88)113-78)23-8-15-32-82-74(104)52(39-55(90)24-10-17-34-107-76-48(2)66(96)70(100)58(42-86)111-76)22-7-14-30-80-62(92)26-11-18-35-108-77-49(3)67(97)71(101)59(43-87)112-77;1-4(2)3;1-2;/h47-54,56,58-61,66-73,76-79,86-89,96-103H,7-46H2,1-6H3,(H,80,92)(H,81,93)(H,82,104)(H,83,105)(H,84,94);4H,1-3H3;1-2H3;1H4/t47-,48?,49?,50?,51?,52?,53?,54+,56?,58?,59?,60?,61?,66-,67-,68-,69-,70+,71+,72+,73+,76-,77-,78-,79-;;;/m1.../s1. The van der Waals surface area contributed by atoms with Crippen molar-refractivity contribution in [2.24, 2.45) is 47.3 Å². The van der Waals surface area contributed by atoms with Crippen molar-refractivity contribution in [3.63, 3.8) is 0 Å². The molecule has 0 aromatic rings. The van der Waals surface area contributed by atoms with Gasteiger partial charge in [0, 0.05) is 147 Å². The molecule has 5 fully saturated rings. The van der Waals surface area contributed by atoms with E-state index in [2.05, 4.69) is 54.3 Å². The van der Waals surface area contributed by atoms with Crippen LogP contribution >= 0.6 is 0 Å². The molecule has 0 aromatic heterocycles. The molecule has 11 unspecified atom stereocenters. The Morgan fingerprint density at radius 3 is 1.11 bits per heavy atom. The zero-order valence-electron chi connectivity index (χ0n) is 73.5. The largest absolute Gasteiger partial charge is 0.394 e. The third kappa shape index (κ3) is 41.3. The van der Waals surface area contributed by atoms with Gasteiger partial charge in [-0.25, -0.2) is 0 Å². The van der Waals surface area contributed by atoms with Crippen molar-refractivity contribution in [2.75, 3.05) is 99.3 Å². The van der Waals surface area contributed by atoms with Gasteiger partial charge in [-0.3, -0.25) is 38.4 Å². The molecular formula is C86H160N6O29. The van der Waals surface area contributed by atoms with E-state index in [0.29, 0.717) is 128 Å². The second-order valence-corrected chi connectivity index (χ2v) is 33.6. The van der Waals surface area contributed by atoms with Crippen molar-refractivity contribution in [2.45, 2.75) is 354 Å². The third-order valence-corrected chi connectivity index (χ3v) is 22.5. The molecule has 0 bridgehead atoms. The number of hydrogen-bond acceptors (Lipinski definition) is 29. The molecule has 5 heterocycles. The van der Waals surface area contributed by atoms with Gasteiger partial charge in [-0.1, -0.05) is 89.5 Å². The SMILES string of the molecule is C.CC.CC(C)C.COC[C@@H]1C[C@@H](C)CN1C(=O)CCCNC(=O)C(CCCCNC(=O)C(CCCCNC(=O)CCCCO[C@@H]1OC(CO)[C@H](O)[C@H](O)C1C)CC(=O)CCCCO[C@@H]1OC(CO)[C@H](O)[C@H](O)C1C)CC(=O)C(CCCCNC(=O)CCCCO[C@@H]1OC(CO)[C@H](O)[C@H](O)C1C)NC(=O)CCCCO[C@@H]1OC(CO)[C@H](O)[C@H](O)C1C. The topological polar surface area (TPSA) is 526 Å². The number of amides is 6. The van der Waals surface area contributed by atoms with Gasteiger partial charge in [-0.15, -0.1) is 0 Å². The van der Waals surface area contributed by atoms with Crippen LogP contribution < -0.4 is 26.6 Å². The summed E-state index contributed by atoms with van der Waals surface area (Å²) in [6.45, 7) is 19.6. The van der Waals surface area contributed by atoms with Crippen LogP contribution in [0, 0.1) is 47.3 Å². The monoisotopic (exact) mass is 1740 g/mol. The molecule has 35 heteroatoms. The Balaban J connectivity index is 0.00000687. The maximum absolute atomic E-state index is 14.7. The fourth-order valence-electron chi connectivity index (χ4n) is 15.1. The molecule has 5 aliphatic rings. The van der Waals surface area contributed by atoms with Crippen molar-refractivity contribution in [3.05, 3.63) is 0 Å². The zero-order valence-corrected chi connectivity index (χ0v) is 73.5. The van der Waals surface area contributed by atoms with Crippen LogP contribution in [0.4, 0.5) is 0 Å². The fourth-order valence-corrected chi connectivity index (χ4v) is 15.1. The number of likely N-dealkylation sites (tertiary alicyclic amines) is 1. The highest BCUT2D eigenvalue weighted by Gasteiger charge is 2.46. The average Bonchev–Trinajstić information content (AvgIpc) is 1.28. The quantitative estimate of drug-likeness (QED) is 0.0389. The van der Waals surface area contributed by atoms with E-state index in [0.717, 1.165) is 12.3 Å². The number of ether oxygens (including phenoxy) is 9. The Morgan fingerprint density at radius 1 is 0.413 bits per heavy atom. The molecule has 121 heavy (non-hydrogen) atoms. The highest BCUT2D eigenvalue weighted by Crippen LogP contribution is 2.32. The van der Waals surface area contributed by atoms with E-state index in [4.69, 9.17) is 42.6 Å². The maximum atomic E-state index is 14.7. The van der Waals surface area contributed by atoms with Crippen LogP contribution in [0.15, 0.2) is 0 Å². The minimum Gasteiger partial charge on any atom is -0.394 e. The van der Waals surface area contributed by atoms with Crippen molar-refractivity contribution >= 4 is 47.0 Å². The molecule has 6 amide bonds. The minimum absolute atomic E-state index is 0. The highest BCUT2D eigenvalue weighted by molar-refractivity contribution is 5.92. The van der Waals surface area contributed by atoms with Gasteiger partial charge in [-0.05, 0) is 121 Å². The molecule has 0 spiro atoms. The molecule has 17 N–H and O–H groups in total. The van der Waals surface area contributed by atoms with Gasteiger partial charge in [-0.2, -0.15) is 0 Å². The van der Waals surface area contributed by atoms with Gasteiger partial charge in [0.25, 0.3) is 0 Å². The van der Waals surface area contributed by atoms with E-state index in [1.807, 2.05) is 18.7 Å². The lowest BCUT2D eigenvalue weighted by Crippen LogP contribution is -2.55. The predicted octanol–water partition coefficient (Wildman–Crippen LogP) is 2.63. The van der Waals surface area contributed by atoms with E-state index in [9.17, 15) is 99.6 Å². The van der Waals surface area contributed by atoms with Gasteiger partial charge in [0.15, 0.2) is 30.9 Å². The molecule has 5 saturated heterocycles. The van der Waals surface area contributed by atoms with Gasteiger partial charge in [0.05, 0.1) is 69.5 Å². The summed E-state index contributed by atoms with van der Waals surface area (Å²) >= 11 is 0. The number of aliphatic hydroxyl groups is 12. The zero-order chi connectivity index (χ0) is 89.4. The summed E-state index contributed by atoms with van der Waals surface area (Å²) in [5.41, 5.74) is 0. The lowest BCUT2D eigenvalue weighted by Gasteiger charge is -2.40. The summed E-state index contributed by atoms with van der Waals surface area (Å²) in [6, 6.07) is -1.11. The van der Waals surface area contributed by atoms with Gasteiger partial charge in [0.2, 0.25) is 35.4 Å². The van der Waals surface area contributed by atoms with Crippen LogP contribution in [-0.4, -0.2) is 323 Å². The summed E-state index contributed by atoms with van der Waals surface area (Å²) in [4.78, 5) is 112. The van der Waals surface area contributed by atoms with E-state index >= 15 is 0 Å². The first-order valence-electron chi connectivity index (χ1n) is 44.5. The fraction of sp³-hybridized carbons (Fsp3) is 0.907. The number of aliphatic hydroxyl groups excluding tert-OH is 12. The number of hydrogen-bond donors (Lipinski definition) is 17. The van der Waals surface area contributed by atoms with Gasteiger partial charge in [0.1, 0.15) is 54.6 Å². The predicted molar refractivity (Wildman–Crippen MR) is 448 cm³/mol. The van der Waals surface area contributed by atoms with Crippen LogP contribution in [0.3, 0.4) is 0 Å². The Labute approximate surface area is 718 Å². The number of methoxy groups -OCH3 is 1. The lowest BCUT2D eigenvalue weighted by molar-refractivity contribution is -0.282. The number of carbonyl (C=O) groups is 8. The van der Waals surface area contributed by atoms with Crippen LogP contribution in [0.1, 0.15) is 244 Å². The van der Waals surface area contributed by atoms with Crippen molar-refractivity contribution < 1.29 is 142 Å². The third-order valence-electron chi connectivity index (χ3n) is 22.5. The first-order valence-corrected chi connectivity index (χ1v) is 44.5. The summed E-state index contributed by atoms with van der Waals surface area (Å²) in [5.74, 6) is -5.22. The number of Topliss-reactive ketones (excluding diaryl/α,β-unsaturated/α-hetero) is 2. The van der Waals surface area contributed by atoms with Crippen LogP contribution in [0.25, 0.3) is 0 Å². The van der Waals surface area contributed by atoms with Crippen LogP contribution in [0.2, 0.25) is 0 Å². The van der Waals surface area contributed by atoms with Gasteiger partial charge < -0.3 is 135 Å². The van der Waals surface area contributed by atoms with Crippen molar-refractivity contribution in [3.8, 4) is 0 Å². The first-order chi connectivity index (χ1) is 57.3. The summed E-state index contributed by atoms with van der Waals surface area (Å²) in [5, 5.41) is 136. The number of nitrogens with one attached hydrogen (secondary N) is 5. The minimum atomic E-state index is -1.31. The van der Waals surface area contributed by atoms with E-state index in [1.54, 1.807) is 34.8 Å². The number of nitrogens with zero attached hydrogens (tertiary/aromatic N) is 1. The number of unbranched alkanes of at least 4 members (excludes halogenated alkanes) is 7. The molecule has 0 aliphatic carbocycles. The Kier molecular flexibility index (Phi) is 58.8. The molecule has 0 aromatic carbocycles. The Bertz CT molecular complexity index is 2830.